The lowest BCUT2D eigenvalue weighted by molar-refractivity contribution is -0.118. The first kappa shape index (κ1) is 19.6. The SMILES string of the molecule is CN1CCCN(C(=O)CCSc2ccc(F)c(F)c2)c2nc3ccccc3nc21. The molecular weight excluding hydrogens is 394 g/mol. The van der Waals surface area contributed by atoms with E-state index in [9.17, 15) is 13.6 Å². The summed E-state index contributed by atoms with van der Waals surface area (Å²) in [6, 6.07) is 11.4. The van der Waals surface area contributed by atoms with E-state index in [0.717, 1.165) is 36.1 Å². The zero-order valence-corrected chi connectivity index (χ0v) is 16.8. The molecule has 2 aromatic carbocycles. The van der Waals surface area contributed by atoms with Gasteiger partial charge >= 0.3 is 0 Å². The highest BCUT2D eigenvalue weighted by molar-refractivity contribution is 7.99. The van der Waals surface area contributed by atoms with Crippen molar-refractivity contribution in [3.8, 4) is 0 Å². The van der Waals surface area contributed by atoms with Crippen molar-refractivity contribution < 1.29 is 13.6 Å². The van der Waals surface area contributed by atoms with Crippen molar-refractivity contribution in [2.45, 2.75) is 17.7 Å². The zero-order chi connectivity index (χ0) is 20.4. The molecule has 0 saturated heterocycles. The Kier molecular flexibility index (Phi) is 5.62. The van der Waals surface area contributed by atoms with Gasteiger partial charge in [-0.25, -0.2) is 18.7 Å². The Bertz CT molecular complexity index is 1060. The molecule has 1 aliphatic heterocycles. The molecule has 0 radical (unpaired) electrons. The van der Waals surface area contributed by atoms with Gasteiger partial charge in [-0.3, -0.25) is 9.69 Å². The molecule has 0 N–H and O–H groups in total. The molecule has 1 aromatic heterocycles. The summed E-state index contributed by atoms with van der Waals surface area (Å²) < 4.78 is 26.4. The quantitative estimate of drug-likeness (QED) is 0.597. The Hall–Kier alpha value is -2.74. The van der Waals surface area contributed by atoms with Crippen molar-refractivity contribution in [2.75, 3.05) is 35.7 Å². The molecule has 0 unspecified atom stereocenters. The van der Waals surface area contributed by atoms with Crippen molar-refractivity contribution in [3.63, 3.8) is 0 Å². The average molecular weight is 414 g/mol. The van der Waals surface area contributed by atoms with E-state index >= 15 is 0 Å². The third kappa shape index (κ3) is 4.17. The molecule has 5 nitrogen and oxygen atoms in total. The van der Waals surface area contributed by atoms with Crippen LogP contribution in [0.1, 0.15) is 12.8 Å². The van der Waals surface area contributed by atoms with E-state index in [2.05, 4.69) is 0 Å². The maximum atomic E-state index is 13.3. The molecule has 1 amide bonds. The lowest BCUT2D eigenvalue weighted by Gasteiger charge is -2.22. The molecule has 0 aliphatic carbocycles. The predicted octanol–water partition coefficient (Wildman–Crippen LogP) is 4.26. The number of amides is 1. The van der Waals surface area contributed by atoms with Gasteiger partial charge < -0.3 is 4.90 Å². The van der Waals surface area contributed by atoms with Gasteiger partial charge in [0.05, 0.1) is 11.0 Å². The Morgan fingerprint density at radius 1 is 1.03 bits per heavy atom. The second-order valence-corrected chi connectivity index (χ2v) is 8.02. The molecule has 150 valence electrons. The van der Waals surface area contributed by atoms with Crippen molar-refractivity contribution in [1.29, 1.82) is 0 Å². The van der Waals surface area contributed by atoms with Crippen LogP contribution in [-0.4, -0.2) is 41.8 Å². The molecule has 0 bridgehead atoms. The third-order valence-electron chi connectivity index (χ3n) is 4.80. The lowest BCUT2D eigenvalue weighted by Crippen LogP contribution is -2.32. The monoisotopic (exact) mass is 414 g/mol. The van der Waals surface area contributed by atoms with Crippen LogP contribution in [0.2, 0.25) is 0 Å². The highest BCUT2D eigenvalue weighted by atomic mass is 32.2. The van der Waals surface area contributed by atoms with E-state index in [-0.39, 0.29) is 12.3 Å². The number of carbonyl (C=O) groups is 1. The Morgan fingerprint density at radius 3 is 2.48 bits per heavy atom. The van der Waals surface area contributed by atoms with E-state index in [1.807, 2.05) is 36.2 Å². The van der Waals surface area contributed by atoms with Gasteiger partial charge in [0.1, 0.15) is 0 Å². The number of halogens is 2. The van der Waals surface area contributed by atoms with Crippen LogP contribution in [0.5, 0.6) is 0 Å². The van der Waals surface area contributed by atoms with Gasteiger partial charge in [0, 0.05) is 37.2 Å². The normalized spacial score (nSPS) is 14.0. The number of nitrogens with zero attached hydrogens (tertiary/aromatic N) is 4. The molecule has 1 aliphatic rings. The number of para-hydroxylation sites is 2. The number of anilines is 2. The van der Waals surface area contributed by atoms with Crippen LogP contribution in [0.4, 0.5) is 20.4 Å². The van der Waals surface area contributed by atoms with Gasteiger partial charge in [-0.05, 0) is 36.8 Å². The molecule has 0 spiro atoms. The van der Waals surface area contributed by atoms with Crippen molar-refractivity contribution in [2.24, 2.45) is 0 Å². The standard InChI is InChI=1S/C21H20F2N4OS/c1-26-10-4-11-27(21-20(26)24-17-5-2-3-6-18(17)25-21)19(28)9-12-29-14-7-8-15(22)16(23)13-14/h2-3,5-8,13H,4,9-12H2,1H3. The minimum Gasteiger partial charge on any atom is -0.357 e. The number of rotatable bonds is 4. The first-order valence-corrected chi connectivity index (χ1v) is 10.4. The molecule has 2 heterocycles. The molecule has 29 heavy (non-hydrogen) atoms. The summed E-state index contributed by atoms with van der Waals surface area (Å²) in [7, 11) is 1.95. The smallest absolute Gasteiger partial charge is 0.229 e. The summed E-state index contributed by atoms with van der Waals surface area (Å²) in [6.07, 6.45) is 1.08. The Balaban J connectivity index is 1.53. The first-order chi connectivity index (χ1) is 14.0. The van der Waals surface area contributed by atoms with Gasteiger partial charge in [-0.1, -0.05) is 12.1 Å². The minimum atomic E-state index is -0.882. The van der Waals surface area contributed by atoms with E-state index in [1.54, 1.807) is 4.90 Å². The summed E-state index contributed by atoms with van der Waals surface area (Å²) in [4.78, 5) is 26.7. The topological polar surface area (TPSA) is 49.3 Å². The molecule has 8 heteroatoms. The number of benzene rings is 2. The number of carbonyl (C=O) groups excluding carboxylic acids is 1. The summed E-state index contributed by atoms with van der Waals surface area (Å²) in [5.41, 5.74) is 1.54. The van der Waals surface area contributed by atoms with E-state index in [1.165, 1.54) is 17.8 Å². The fourth-order valence-corrected chi connectivity index (χ4v) is 4.16. The van der Waals surface area contributed by atoms with Crippen molar-refractivity contribution in [3.05, 3.63) is 54.1 Å². The number of hydrogen-bond donors (Lipinski definition) is 0. The maximum absolute atomic E-state index is 13.3. The number of fused-ring (bicyclic) bond motifs is 2. The van der Waals surface area contributed by atoms with Gasteiger partial charge in [-0.2, -0.15) is 0 Å². The van der Waals surface area contributed by atoms with Crippen LogP contribution in [0.25, 0.3) is 11.0 Å². The van der Waals surface area contributed by atoms with Crippen LogP contribution in [-0.2, 0) is 4.79 Å². The highest BCUT2D eigenvalue weighted by Gasteiger charge is 2.26. The van der Waals surface area contributed by atoms with Crippen molar-refractivity contribution >= 4 is 40.3 Å². The van der Waals surface area contributed by atoms with Crippen LogP contribution in [0.15, 0.2) is 47.4 Å². The van der Waals surface area contributed by atoms with E-state index in [4.69, 9.17) is 9.97 Å². The van der Waals surface area contributed by atoms with E-state index in [0.29, 0.717) is 28.8 Å². The lowest BCUT2D eigenvalue weighted by atomic mass is 10.3. The minimum absolute atomic E-state index is 0.0544. The Labute approximate surface area is 171 Å². The summed E-state index contributed by atoms with van der Waals surface area (Å²) in [5.74, 6) is -0.0721. The molecular formula is C21H20F2N4OS. The molecule has 4 rings (SSSR count). The molecule has 0 saturated carbocycles. The summed E-state index contributed by atoms with van der Waals surface area (Å²) in [6.45, 7) is 1.35. The fourth-order valence-electron chi connectivity index (χ4n) is 3.30. The fraction of sp³-hybridized carbons (Fsp3) is 0.286. The van der Waals surface area contributed by atoms with Gasteiger partial charge in [-0.15, -0.1) is 11.8 Å². The highest BCUT2D eigenvalue weighted by Crippen LogP contribution is 2.31. The average Bonchev–Trinajstić information content (AvgIpc) is 2.88. The van der Waals surface area contributed by atoms with Gasteiger partial charge in [0.15, 0.2) is 23.3 Å². The number of aromatic nitrogens is 2. The third-order valence-corrected chi connectivity index (χ3v) is 5.80. The second-order valence-electron chi connectivity index (χ2n) is 6.85. The zero-order valence-electron chi connectivity index (χ0n) is 15.9. The van der Waals surface area contributed by atoms with Crippen LogP contribution in [0.3, 0.4) is 0 Å². The number of hydrogen-bond acceptors (Lipinski definition) is 5. The first-order valence-electron chi connectivity index (χ1n) is 9.39. The maximum Gasteiger partial charge on any atom is 0.229 e. The summed E-state index contributed by atoms with van der Waals surface area (Å²) in [5, 5.41) is 0. The Morgan fingerprint density at radius 2 is 1.76 bits per heavy atom. The second kappa shape index (κ2) is 8.32. The van der Waals surface area contributed by atoms with Crippen molar-refractivity contribution in [1.82, 2.24) is 9.97 Å². The molecule has 0 atom stereocenters. The van der Waals surface area contributed by atoms with Crippen LogP contribution >= 0.6 is 11.8 Å². The van der Waals surface area contributed by atoms with Gasteiger partial charge in [0.2, 0.25) is 5.91 Å². The van der Waals surface area contributed by atoms with Gasteiger partial charge in [0.25, 0.3) is 0 Å². The van der Waals surface area contributed by atoms with E-state index < -0.39 is 11.6 Å². The number of thioether (sulfide) groups is 1. The molecule has 0 fully saturated rings. The summed E-state index contributed by atoms with van der Waals surface area (Å²) >= 11 is 1.32. The molecule has 3 aromatic rings. The largest absolute Gasteiger partial charge is 0.357 e. The van der Waals surface area contributed by atoms with Crippen LogP contribution in [0, 0.1) is 11.6 Å². The van der Waals surface area contributed by atoms with Crippen LogP contribution < -0.4 is 9.80 Å². The predicted molar refractivity (Wildman–Crippen MR) is 111 cm³/mol.